The summed E-state index contributed by atoms with van der Waals surface area (Å²) in [6.07, 6.45) is 0. The van der Waals surface area contributed by atoms with Gasteiger partial charge in [0.1, 0.15) is 0 Å². The number of aromatic nitrogens is 4. The van der Waals surface area contributed by atoms with Crippen LogP contribution in [0.25, 0.3) is 22.2 Å². The lowest BCUT2D eigenvalue weighted by Gasteiger charge is -2.35. The molecule has 4 aromatic rings. The summed E-state index contributed by atoms with van der Waals surface area (Å²) in [4.78, 5) is 36.7. The van der Waals surface area contributed by atoms with Gasteiger partial charge in [-0.05, 0) is 36.2 Å². The highest BCUT2D eigenvalue weighted by Gasteiger charge is 2.24. The lowest BCUT2D eigenvalue weighted by Crippen LogP contribution is -2.49. The Labute approximate surface area is 191 Å². The molecular formula is C25H26N6O2. The molecule has 33 heavy (non-hydrogen) atoms. The molecule has 8 heteroatoms. The first-order chi connectivity index (χ1) is 16.0. The van der Waals surface area contributed by atoms with Gasteiger partial charge in [0.15, 0.2) is 0 Å². The number of nitrogens with one attached hydrogen (secondary N) is 2. The number of benzene rings is 2. The molecule has 1 saturated heterocycles. The van der Waals surface area contributed by atoms with Crippen molar-refractivity contribution in [3.63, 3.8) is 0 Å². The van der Waals surface area contributed by atoms with Crippen LogP contribution in [0.15, 0.2) is 59.4 Å². The zero-order valence-electron chi connectivity index (χ0n) is 18.7. The van der Waals surface area contributed by atoms with Crippen molar-refractivity contribution in [1.82, 2.24) is 25.1 Å². The topological polar surface area (TPSA) is 98.0 Å². The number of aromatic amines is 2. The highest BCUT2D eigenvalue weighted by molar-refractivity contribution is 5.94. The summed E-state index contributed by atoms with van der Waals surface area (Å²) in [7, 11) is 0. The van der Waals surface area contributed by atoms with Crippen molar-refractivity contribution in [2.75, 3.05) is 31.1 Å². The van der Waals surface area contributed by atoms with E-state index in [0.29, 0.717) is 54.5 Å². The van der Waals surface area contributed by atoms with Gasteiger partial charge in [0.2, 0.25) is 5.95 Å². The fraction of sp³-hybridized carbons (Fsp3) is 0.280. The van der Waals surface area contributed by atoms with Crippen molar-refractivity contribution in [3.05, 3.63) is 76.2 Å². The fourth-order valence-corrected chi connectivity index (χ4v) is 4.09. The van der Waals surface area contributed by atoms with Crippen LogP contribution >= 0.6 is 0 Å². The number of nitrogens with zero attached hydrogens (tertiary/aromatic N) is 4. The first-order valence-electron chi connectivity index (χ1n) is 11.2. The summed E-state index contributed by atoms with van der Waals surface area (Å²) in [5.74, 6) is 0.939. The van der Waals surface area contributed by atoms with Crippen LogP contribution < -0.4 is 10.5 Å². The summed E-state index contributed by atoms with van der Waals surface area (Å²) in [6, 6.07) is 16.9. The van der Waals surface area contributed by atoms with Crippen molar-refractivity contribution in [2.24, 2.45) is 0 Å². The molecule has 1 fully saturated rings. The van der Waals surface area contributed by atoms with Gasteiger partial charge in [0, 0.05) is 43.0 Å². The second kappa shape index (κ2) is 8.54. The van der Waals surface area contributed by atoms with E-state index in [9.17, 15) is 9.59 Å². The van der Waals surface area contributed by atoms with Crippen molar-refractivity contribution >= 4 is 22.8 Å². The largest absolute Gasteiger partial charge is 0.339 e. The van der Waals surface area contributed by atoms with Gasteiger partial charge in [-0.2, -0.15) is 5.10 Å². The Bertz CT molecular complexity index is 1350. The average molecular weight is 443 g/mol. The lowest BCUT2D eigenvalue weighted by atomic mass is 10.1. The van der Waals surface area contributed by atoms with E-state index in [1.165, 1.54) is 0 Å². The number of anilines is 1. The smallest absolute Gasteiger partial charge is 0.260 e. The monoisotopic (exact) mass is 442 g/mol. The van der Waals surface area contributed by atoms with Crippen molar-refractivity contribution in [1.29, 1.82) is 0 Å². The zero-order chi connectivity index (χ0) is 22.9. The van der Waals surface area contributed by atoms with Crippen molar-refractivity contribution in [2.45, 2.75) is 19.8 Å². The van der Waals surface area contributed by atoms with E-state index in [-0.39, 0.29) is 11.5 Å². The van der Waals surface area contributed by atoms with Crippen LogP contribution in [0.5, 0.6) is 0 Å². The number of amides is 1. The van der Waals surface area contributed by atoms with Crippen LogP contribution in [0.4, 0.5) is 5.95 Å². The molecule has 0 saturated carbocycles. The second-order valence-corrected chi connectivity index (χ2v) is 8.63. The van der Waals surface area contributed by atoms with Gasteiger partial charge in [-0.1, -0.05) is 38.1 Å². The first kappa shape index (κ1) is 20.9. The third kappa shape index (κ3) is 4.11. The fourth-order valence-electron chi connectivity index (χ4n) is 4.09. The molecule has 3 heterocycles. The molecule has 8 nitrogen and oxygen atoms in total. The average Bonchev–Trinajstić information content (AvgIpc) is 3.35. The maximum absolute atomic E-state index is 13.0. The first-order valence-corrected chi connectivity index (χ1v) is 11.2. The molecule has 5 rings (SSSR count). The molecule has 2 N–H and O–H groups in total. The molecule has 1 amide bonds. The number of para-hydroxylation sites is 1. The van der Waals surface area contributed by atoms with E-state index in [2.05, 4.69) is 34.0 Å². The number of fused-ring (bicyclic) bond motifs is 1. The molecule has 0 spiro atoms. The molecule has 1 aliphatic rings. The number of carbonyl (C=O) groups excluding carboxylic acids is 1. The summed E-state index contributed by atoms with van der Waals surface area (Å²) in [5, 5.41) is 8.02. The third-order valence-electron chi connectivity index (χ3n) is 6.11. The van der Waals surface area contributed by atoms with E-state index in [1.54, 1.807) is 6.07 Å². The zero-order valence-corrected chi connectivity index (χ0v) is 18.7. The van der Waals surface area contributed by atoms with E-state index in [4.69, 9.17) is 0 Å². The van der Waals surface area contributed by atoms with Crippen molar-refractivity contribution in [3.8, 4) is 11.3 Å². The van der Waals surface area contributed by atoms with Crippen LogP contribution in [-0.4, -0.2) is 57.2 Å². The molecule has 0 atom stereocenters. The van der Waals surface area contributed by atoms with Gasteiger partial charge in [-0.3, -0.25) is 19.7 Å². The molecule has 2 aromatic heterocycles. The van der Waals surface area contributed by atoms with Gasteiger partial charge >= 0.3 is 0 Å². The number of piperazine rings is 1. The minimum atomic E-state index is -0.147. The molecule has 168 valence electrons. The van der Waals surface area contributed by atoms with Crippen LogP contribution in [-0.2, 0) is 0 Å². The number of rotatable bonds is 4. The quantitative estimate of drug-likeness (QED) is 0.505. The SMILES string of the molecule is CC(C)c1cc(-c2ccc(C(=O)N3CCN(c4nc5ccccc5c(=O)[nH]4)CC3)cc2)n[nH]1. The van der Waals surface area contributed by atoms with Gasteiger partial charge in [0.25, 0.3) is 11.5 Å². The predicted molar refractivity (Wildman–Crippen MR) is 129 cm³/mol. The number of hydrogen-bond donors (Lipinski definition) is 2. The summed E-state index contributed by atoms with van der Waals surface area (Å²) in [6.45, 7) is 6.58. The molecule has 0 aliphatic carbocycles. The minimum absolute atomic E-state index is 0.00561. The summed E-state index contributed by atoms with van der Waals surface area (Å²) in [5.41, 5.74) is 4.13. The van der Waals surface area contributed by atoms with Crippen LogP contribution in [0.2, 0.25) is 0 Å². The second-order valence-electron chi connectivity index (χ2n) is 8.63. The van der Waals surface area contributed by atoms with Crippen LogP contribution in [0, 0.1) is 0 Å². The maximum Gasteiger partial charge on any atom is 0.260 e. The Morgan fingerprint density at radius 3 is 2.42 bits per heavy atom. The van der Waals surface area contributed by atoms with Crippen LogP contribution in [0.3, 0.4) is 0 Å². The molecule has 0 unspecified atom stereocenters. The Kier molecular flexibility index (Phi) is 5.42. The highest BCUT2D eigenvalue weighted by Crippen LogP contribution is 2.22. The van der Waals surface area contributed by atoms with Crippen molar-refractivity contribution < 1.29 is 4.79 Å². The summed E-state index contributed by atoms with van der Waals surface area (Å²) < 4.78 is 0. The Morgan fingerprint density at radius 2 is 1.73 bits per heavy atom. The van der Waals surface area contributed by atoms with Crippen LogP contribution in [0.1, 0.15) is 35.8 Å². The normalized spacial score (nSPS) is 14.3. The van der Waals surface area contributed by atoms with Gasteiger partial charge in [-0.25, -0.2) is 4.98 Å². The Balaban J connectivity index is 1.25. The predicted octanol–water partition coefficient (Wildman–Crippen LogP) is 3.40. The number of carbonyl (C=O) groups is 1. The standard InChI is InChI=1S/C25H26N6O2/c1-16(2)21-15-22(29-28-21)17-7-9-18(10-8-17)24(33)30-11-13-31(14-12-30)25-26-20-6-4-3-5-19(20)23(32)27-25/h3-10,15-16H,11-14H2,1-2H3,(H,28,29)(H,26,27,32). The summed E-state index contributed by atoms with van der Waals surface area (Å²) >= 11 is 0. The van der Waals surface area contributed by atoms with Gasteiger partial charge in [0.05, 0.1) is 16.6 Å². The molecule has 2 aromatic carbocycles. The molecule has 1 aliphatic heterocycles. The number of hydrogen-bond acceptors (Lipinski definition) is 5. The highest BCUT2D eigenvalue weighted by atomic mass is 16.2. The minimum Gasteiger partial charge on any atom is -0.339 e. The van der Waals surface area contributed by atoms with Gasteiger partial charge < -0.3 is 9.80 Å². The number of H-pyrrole nitrogens is 2. The molecular weight excluding hydrogens is 416 g/mol. The van der Waals surface area contributed by atoms with E-state index in [0.717, 1.165) is 17.0 Å². The van der Waals surface area contributed by atoms with E-state index < -0.39 is 0 Å². The third-order valence-corrected chi connectivity index (χ3v) is 6.11. The molecule has 0 radical (unpaired) electrons. The van der Waals surface area contributed by atoms with E-state index in [1.807, 2.05) is 58.3 Å². The maximum atomic E-state index is 13.0. The Morgan fingerprint density at radius 1 is 1.00 bits per heavy atom. The molecule has 0 bridgehead atoms. The van der Waals surface area contributed by atoms with Gasteiger partial charge in [-0.15, -0.1) is 0 Å². The Hall–Kier alpha value is -3.94. The lowest BCUT2D eigenvalue weighted by molar-refractivity contribution is 0.0746. The van der Waals surface area contributed by atoms with E-state index >= 15 is 0 Å².